The standard InChI is InChI=1S/C18H23NO3/c1-11(2)15-8-16-13(9-19-5-4-14(20)10-19)7-18(21)22-17(16)6-12(15)3/h6-8,11,14,20H,4-5,9-10H2,1-3H3/t14-/m1/s1. The van der Waals surface area contributed by atoms with Crippen LogP contribution in [0.4, 0.5) is 0 Å². The van der Waals surface area contributed by atoms with Gasteiger partial charge in [-0.05, 0) is 48.1 Å². The number of β-amino-alcohol motifs (C(OH)–C–C–N with tert-alkyl or cyclic N) is 1. The third-order valence-electron chi connectivity index (χ3n) is 4.48. The normalized spacial score (nSPS) is 19.4. The molecule has 0 bridgehead atoms. The van der Waals surface area contributed by atoms with Crippen molar-refractivity contribution in [2.75, 3.05) is 13.1 Å². The maximum absolute atomic E-state index is 11.8. The molecule has 118 valence electrons. The number of hydrogen-bond acceptors (Lipinski definition) is 4. The van der Waals surface area contributed by atoms with Gasteiger partial charge in [-0.1, -0.05) is 13.8 Å². The van der Waals surface area contributed by atoms with Gasteiger partial charge in [0, 0.05) is 31.1 Å². The van der Waals surface area contributed by atoms with Crippen LogP contribution in [0.3, 0.4) is 0 Å². The zero-order valence-electron chi connectivity index (χ0n) is 13.4. The Bertz CT molecular complexity index is 748. The largest absolute Gasteiger partial charge is 0.423 e. The molecule has 0 saturated carbocycles. The van der Waals surface area contributed by atoms with E-state index in [1.807, 2.05) is 6.07 Å². The minimum absolute atomic E-state index is 0.250. The van der Waals surface area contributed by atoms with Crippen molar-refractivity contribution in [2.24, 2.45) is 0 Å². The van der Waals surface area contributed by atoms with Gasteiger partial charge in [0.05, 0.1) is 6.10 Å². The Morgan fingerprint density at radius 1 is 1.36 bits per heavy atom. The summed E-state index contributed by atoms with van der Waals surface area (Å²) in [6.45, 7) is 8.61. The second-order valence-corrected chi connectivity index (χ2v) is 6.63. The molecule has 1 atom stereocenters. The number of benzene rings is 1. The van der Waals surface area contributed by atoms with Crippen LogP contribution in [0.15, 0.2) is 27.4 Å². The zero-order valence-corrected chi connectivity index (χ0v) is 13.4. The Morgan fingerprint density at radius 3 is 2.77 bits per heavy atom. The molecular formula is C18H23NO3. The Morgan fingerprint density at radius 2 is 2.14 bits per heavy atom. The molecule has 22 heavy (non-hydrogen) atoms. The van der Waals surface area contributed by atoms with Gasteiger partial charge in [0.15, 0.2) is 0 Å². The van der Waals surface area contributed by atoms with Gasteiger partial charge >= 0.3 is 5.63 Å². The lowest BCUT2D eigenvalue weighted by Gasteiger charge is -2.17. The zero-order chi connectivity index (χ0) is 15.9. The number of likely N-dealkylation sites (tertiary alicyclic amines) is 1. The molecule has 2 aromatic rings. The van der Waals surface area contributed by atoms with E-state index in [0.717, 1.165) is 29.5 Å². The molecule has 1 N–H and O–H groups in total. The van der Waals surface area contributed by atoms with E-state index in [0.29, 0.717) is 24.6 Å². The first-order chi connectivity index (χ1) is 10.4. The summed E-state index contributed by atoms with van der Waals surface area (Å²) in [7, 11) is 0. The fourth-order valence-corrected chi connectivity index (χ4v) is 3.34. The molecule has 1 fully saturated rings. The van der Waals surface area contributed by atoms with Crippen molar-refractivity contribution in [3.63, 3.8) is 0 Å². The number of aryl methyl sites for hydroxylation is 1. The van der Waals surface area contributed by atoms with Crippen molar-refractivity contribution in [1.82, 2.24) is 4.90 Å². The van der Waals surface area contributed by atoms with E-state index in [2.05, 4.69) is 31.7 Å². The highest BCUT2D eigenvalue weighted by molar-refractivity contribution is 5.82. The minimum atomic E-state index is -0.307. The lowest BCUT2D eigenvalue weighted by atomic mass is 9.95. The molecule has 0 aliphatic carbocycles. The number of nitrogens with zero attached hydrogens (tertiary/aromatic N) is 1. The predicted octanol–water partition coefficient (Wildman–Crippen LogP) is 2.79. The molecule has 0 radical (unpaired) electrons. The highest BCUT2D eigenvalue weighted by atomic mass is 16.4. The van der Waals surface area contributed by atoms with Crippen molar-refractivity contribution >= 4 is 11.0 Å². The highest BCUT2D eigenvalue weighted by Crippen LogP contribution is 2.27. The first-order valence-corrected chi connectivity index (χ1v) is 7.91. The second kappa shape index (κ2) is 5.86. The molecule has 1 aliphatic heterocycles. The third kappa shape index (κ3) is 2.94. The summed E-state index contributed by atoms with van der Waals surface area (Å²) in [6, 6.07) is 5.71. The summed E-state index contributed by atoms with van der Waals surface area (Å²) in [4.78, 5) is 14.0. The first kappa shape index (κ1) is 15.3. The molecule has 3 rings (SSSR count). The summed E-state index contributed by atoms with van der Waals surface area (Å²) in [5, 5.41) is 10.7. The summed E-state index contributed by atoms with van der Waals surface area (Å²) >= 11 is 0. The van der Waals surface area contributed by atoms with Crippen LogP contribution in [0.2, 0.25) is 0 Å². The van der Waals surface area contributed by atoms with Crippen molar-refractivity contribution < 1.29 is 9.52 Å². The Labute approximate surface area is 130 Å². The molecule has 1 aromatic heterocycles. The SMILES string of the molecule is Cc1cc2oc(=O)cc(CN3CC[C@@H](O)C3)c2cc1C(C)C. The van der Waals surface area contributed by atoms with E-state index in [1.54, 1.807) is 6.07 Å². The van der Waals surface area contributed by atoms with E-state index in [-0.39, 0.29) is 11.7 Å². The van der Waals surface area contributed by atoms with E-state index >= 15 is 0 Å². The summed E-state index contributed by atoms with van der Waals surface area (Å²) in [6.07, 6.45) is 0.551. The van der Waals surface area contributed by atoms with Crippen LogP contribution >= 0.6 is 0 Å². The smallest absolute Gasteiger partial charge is 0.336 e. The molecule has 1 saturated heterocycles. The summed E-state index contributed by atoms with van der Waals surface area (Å²) < 4.78 is 5.38. The highest BCUT2D eigenvalue weighted by Gasteiger charge is 2.21. The van der Waals surface area contributed by atoms with Gasteiger partial charge in [-0.3, -0.25) is 4.90 Å². The molecule has 1 aromatic carbocycles. The average molecular weight is 301 g/mol. The van der Waals surface area contributed by atoms with Crippen molar-refractivity contribution in [3.05, 3.63) is 45.3 Å². The molecule has 4 heteroatoms. The van der Waals surface area contributed by atoms with Crippen LogP contribution in [-0.4, -0.2) is 29.2 Å². The van der Waals surface area contributed by atoms with Crippen LogP contribution in [0, 0.1) is 6.92 Å². The molecular weight excluding hydrogens is 278 g/mol. The number of aliphatic hydroxyl groups excluding tert-OH is 1. The average Bonchev–Trinajstić information content (AvgIpc) is 2.82. The van der Waals surface area contributed by atoms with E-state index in [1.165, 1.54) is 5.56 Å². The lowest BCUT2D eigenvalue weighted by molar-refractivity contribution is 0.175. The second-order valence-electron chi connectivity index (χ2n) is 6.63. The predicted molar refractivity (Wildman–Crippen MR) is 87.2 cm³/mol. The van der Waals surface area contributed by atoms with E-state index in [4.69, 9.17) is 4.42 Å². The van der Waals surface area contributed by atoms with E-state index < -0.39 is 0 Å². The molecule has 1 aliphatic rings. The fraction of sp³-hybridized carbons (Fsp3) is 0.500. The van der Waals surface area contributed by atoms with Crippen molar-refractivity contribution in [3.8, 4) is 0 Å². The van der Waals surface area contributed by atoms with Gasteiger partial charge < -0.3 is 9.52 Å². The van der Waals surface area contributed by atoms with Crippen molar-refractivity contribution in [1.29, 1.82) is 0 Å². The number of fused-ring (bicyclic) bond motifs is 1. The topological polar surface area (TPSA) is 53.7 Å². The minimum Gasteiger partial charge on any atom is -0.423 e. The Hall–Kier alpha value is -1.65. The maximum atomic E-state index is 11.8. The fourth-order valence-electron chi connectivity index (χ4n) is 3.34. The summed E-state index contributed by atoms with van der Waals surface area (Å²) in [5.74, 6) is 0.429. The molecule has 0 spiro atoms. The quantitative estimate of drug-likeness (QED) is 0.886. The van der Waals surface area contributed by atoms with Gasteiger partial charge in [-0.25, -0.2) is 4.79 Å². The van der Waals surface area contributed by atoms with Crippen LogP contribution in [-0.2, 0) is 6.54 Å². The van der Waals surface area contributed by atoms with Gasteiger partial charge in [0.25, 0.3) is 0 Å². The maximum Gasteiger partial charge on any atom is 0.336 e. The van der Waals surface area contributed by atoms with Crippen LogP contribution in [0.1, 0.15) is 42.9 Å². The monoisotopic (exact) mass is 301 g/mol. The van der Waals surface area contributed by atoms with Gasteiger partial charge in [0.2, 0.25) is 0 Å². The van der Waals surface area contributed by atoms with E-state index in [9.17, 15) is 9.90 Å². The Balaban J connectivity index is 2.07. The molecule has 0 amide bonds. The lowest BCUT2D eigenvalue weighted by Crippen LogP contribution is -2.22. The number of hydrogen-bond donors (Lipinski definition) is 1. The molecule has 4 nitrogen and oxygen atoms in total. The van der Waals surface area contributed by atoms with Crippen LogP contribution in [0.5, 0.6) is 0 Å². The summed E-state index contributed by atoms with van der Waals surface area (Å²) in [5.41, 5.74) is 3.77. The van der Waals surface area contributed by atoms with Gasteiger partial charge in [0.1, 0.15) is 5.58 Å². The molecule has 0 unspecified atom stereocenters. The van der Waals surface area contributed by atoms with Gasteiger partial charge in [-0.2, -0.15) is 0 Å². The van der Waals surface area contributed by atoms with Crippen LogP contribution < -0.4 is 5.63 Å². The number of aliphatic hydroxyl groups is 1. The van der Waals surface area contributed by atoms with Crippen LogP contribution in [0.25, 0.3) is 11.0 Å². The molecule has 2 heterocycles. The number of rotatable bonds is 3. The Kier molecular flexibility index (Phi) is 4.06. The third-order valence-corrected chi connectivity index (χ3v) is 4.48. The van der Waals surface area contributed by atoms with Crippen molar-refractivity contribution in [2.45, 2.75) is 45.8 Å². The van der Waals surface area contributed by atoms with Gasteiger partial charge in [-0.15, -0.1) is 0 Å². The first-order valence-electron chi connectivity index (χ1n) is 7.91.